The van der Waals surface area contributed by atoms with E-state index in [9.17, 15) is 9.18 Å². The second-order valence-electron chi connectivity index (χ2n) is 3.82. The number of carbonyl (C=O) groups excluding carboxylic acids is 1. The molecule has 0 aliphatic heterocycles. The van der Waals surface area contributed by atoms with Crippen LogP contribution in [0.15, 0.2) is 30.6 Å². The molecule has 0 radical (unpaired) electrons. The predicted molar refractivity (Wildman–Crippen MR) is 59.8 cm³/mol. The zero-order chi connectivity index (χ0) is 12.3. The molecule has 0 unspecified atom stereocenters. The van der Waals surface area contributed by atoms with Gasteiger partial charge in [-0.1, -0.05) is 12.1 Å². The van der Waals surface area contributed by atoms with Crippen molar-refractivity contribution in [3.8, 4) is 0 Å². The number of hydrogen-bond donors (Lipinski definition) is 0. The van der Waals surface area contributed by atoms with Crippen molar-refractivity contribution in [2.75, 3.05) is 0 Å². The first kappa shape index (κ1) is 11.4. The average Bonchev–Trinajstić information content (AvgIpc) is 2.68. The summed E-state index contributed by atoms with van der Waals surface area (Å²) in [6.07, 6.45) is 1.95. The van der Waals surface area contributed by atoms with Gasteiger partial charge in [0.05, 0.1) is 6.42 Å². The number of hydrogen-bond acceptors (Lipinski definition) is 3. The van der Waals surface area contributed by atoms with E-state index in [0.29, 0.717) is 5.82 Å². The molecule has 0 aliphatic carbocycles. The number of Topliss-reactive ketones (excluding diaryl/α,β-unsaturated/α-hetero) is 1. The molecule has 17 heavy (non-hydrogen) atoms. The minimum Gasteiger partial charge on any atom is -0.299 e. The molecule has 0 bridgehead atoms. The smallest absolute Gasteiger partial charge is 0.144 e. The van der Waals surface area contributed by atoms with Crippen LogP contribution in [0.3, 0.4) is 0 Å². The van der Waals surface area contributed by atoms with Crippen LogP contribution in [0.25, 0.3) is 0 Å². The van der Waals surface area contributed by atoms with Crippen LogP contribution in [-0.4, -0.2) is 20.5 Å². The summed E-state index contributed by atoms with van der Waals surface area (Å²) >= 11 is 0. The SMILES string of the molecule is Cn1ncnc1CC(=O)Cc1ccc(F)cc1. The molecule has 0 saturated heterocycles. The van der Waals surface area contributed by atoms with E-state index in [0.717, 1.165) is 5.56 Å². The molecule has 0 aliphatic rings. The molecule has 0 atom stereocenters. The number of aryl methyl sites for hydroxylation is 1. The minimum absolute atomic E-state index is 0.0349. The molecule has 1 aromatic carbocycles. The van der Waals surface area contributed by atoms with E-state index in [-0.39, 0.29) is 24.4 Å². The number of ketones is 1. The summed E-state index contributed by atoms with van der Waals surface area (Å²) in [7, 11) is 1.74. The highest BCUT2D eigenvalue weighted by atomic mass is 19.1. The summed E-state index contributed by atoms with van der Waals surface area (Å²) in [4.78, 5) is 15.7. The fourth-order valence-corrected chi connectivity index (χ4v) is 1.55. The van der Waals surface area contributed by atoms with E-state index >= 15 is 0 Å². The number of halogens is 1. The summed E-state index contributed by atoms with van der Waals surface area (Å²) in [5.41, 5.74) is 0.804. The van der Waals surface area contributed by atoms with Crippen molar-refractivity contribution in [1.82, 2.24) is 14.8 Å². The van der Waals surface area contributed by atoms with Gasteiger partial charge in [-0.05, 0) is 17.7 Å². The van der Waals surface area contributed by atoms with E-state index in [1.807, 2.05) is 0 Å². The van der Waals surface area contributed by atoms with Crippen LogP contribution in [0.1, 0.15) is 11.4 Å². The molecule has 1 heterocycles. The summed E-state index contributed by atoms with van der Waals surface area (Å²) in [6, 6.07) is 5.93. The fraction of sp³-hybridized carbons (Fsp3) is 0.250. The molecule has 2 aromatic rings. The lowest BCUT2D eigenvalue weighted by Crippen LogP contribution is -2.11. The normalized spacial score (nSPS) is 10.5. The molecule has 0 saturated carbocycles. The third-order valence-corrected chi connectivity index (χ3v) is 2.47. The zero-order valence-electron chi connectivity index (χ0n) is 9.43. The molecule has 0 spiro atoms. The number of carbonyl (C=O) groups is 1. The maximum absolute atomic E-state index is 12.7. The van der Waals surface area contributed by atoms with Crippen LogP contribution in [0, 0.1) is 5.82 Å². The first-order chi connectivity index (χ1) is 8.15. The van der Waals surface area contributed by atoms with Gasteiger partial charge in [0, 0.05) is 13.5 Å². The Bertz CT molecular complexity index is 519. The van der Waals surface area contributed by atoms with Crippen molar-refractivity contribution in [2.45, 2.75) is 12.8 Å². The molecule has 0 fully saturated rings. The van der Waals surface area contributed by atoms with Crippen molar-refractivity contribution in [3.05, 3.63) is 47.8 Å². The van der Waals surface area contributed by atoms with Gasteiger partial charge in [0.15, 0.2) is 0 Å². The molecule has 88 valence electrons. The van der Waals surface area contributed by atoms with Gasteiger partial charge in [-0.2, -0.15) is 5.10 Å². The monoisotopic (exact) mass is 233 g/mol. The number of benzene rings is 1. The molecular formula is C12H12FN3O. The third kappa shape index (κ3) is 2.96. The lowest BCUT2D eigenvalue weighted by atomic mass is 10.1. The van der Waals surface area contributed by atoms with E-state index in [1.165, 1.54) is 18.5 Å². The number of nitrogens with zero attached hydrogens (tertiary/aromatic N) is 3. The Morgan fingerprint density at radius 1 is 1.29 bits per heavy atom. The van der Waals surface area contributed by atoms with Crippen molar-refractivity contribution >= 4 is 5.78 Å². The average molecular weight is 233 g/mol. The van der Waals surface area contributed by atoms with E-state index < -0.39 is 0 Å². The van der Waals surface area contributed by atoms with Crippen LogP contribution in [-0.2, 0) is 24.7 Å². The van der Waals surface area contributed by atoms with Gasteiger partial charge in [-0.25, -0.2) is 9.37 Å². The maximum Gasteiger partial charge on any atom is 0.144 e. The highest BCUT2D eigenvalue weighted by Crippen LogP contribution is 2.05. The molecule has 0 N–H and O–H groups in total. The van der Waals surface area contributed by atoms with E-state index in [2.05, 4.69) is 10.1 Å². The Hall–Kier alpha value is -2.04. The quantitative estimate of drug-likeness (QED) is 0.800. The second-order valence-corrected chi connectivity index (χ2v) is 3.82. The number of rotatable bonds is 4. The van der Waals surface area contributed by atoms with Crippen LogP contribution in [0.5, 0.6) is 0 Å². The highest BCUT2D eigenvalue weighted by molar-refractivity contribution is 5.82. The van der Waals surface area contributed by atoms with Crippen molar-refractivity contribution in [3.63, 3.8) is 0 Å². The van der Waals surface area contributed by atoms with Gasteiger partial charge in [-0.15, -0.1) is 0 Å². The Balaban J connectivity index is 1.98. The van der Waals surface area contributed by atoms with Crippen molar-refractivity contribution < 1.29 is 9.18 Å². The molecule has 2 rings (SSSR count). The summed E-state index contributed by atoms with van der Waals surface area (Å²) in [5, 5.41) is 3.89. The molecule has 0 amide bonds. The van der Waals surface area contributed by atoms with Gasteiger partial charge >= 0.3 is 0 Å². The van der Waals surface area contributed by atoms with Crippen LogP contribution in [0.2, 0.25) is 0 Å². The molecule has 5 heteroatoms. The van der Waals surface area contributed by atoms with Crippen LogP contribution >= 0.6 is 0 Å². The van der Waals surface area contributed by atoms with E-state index in [4.69, 9.17) is 0 Å². The predicted octanol–water partition coefficient (Wildman–Crippen LogP) is 1.31. The van der Waals surface area contributed by atoms with E-state index in [1.54, 1.807) is 23.9 Å². The van der Waals surface area contributed by atoms with Gasteiger partial charge in [0.25, 0.3) is 0 Å². The van der Waals surface area contributed by atoms with Gasteiger partial charge in [0.1, 0.15) is 23.8 Å². The first-order valence-electron chi connectivity index (χ1n) is 5.24. The van der Waals surface area contributed by atoms with Gasteiger partial charge in [-0.3, -0.25) is 9.48 Å². The molecule has 1 aromatic heterocycles. The van der Waals surface area contributed by atoms with Crippen molar-refractivity contribution in [1.29, 1.82) is 0 Å². The van der Waals surface area contributed by atoms with Gasteiger partial charge in [0.2, 0.25) is 0 Å². The Kier molecular flexibility index (Phi) is 3.27. The fourth-order valence-electron chi connectivity index (χ4n) is 1.55. The lowest BCUT2D eigenvalue weighted by Gasteiger charge is -2.01. The summed E-state index contributed by atoms with van der Waals surface area (Å²) in [6.45, 7) is 0. The topological polar surface area (TPSA) is 47.8 Å². The summed E-state index contributed by atoms with van der Waals surface area (Å²) in [5.74, 6) is 0.374. The Morgan fingerprint density at radius 3 is 2.59 bits per heavy atom. The molecular weight excluding hydrogens is 221 g/mol. The molecule has 4 nitrogen and oxygen atoms in total. The zero-order valence-corrected chi connectivity index (χ0v) is 9.43. The standard InChI is InChI=1S/C12H12FN3O/c1-16-12(14-8-15-16)7-11(17)6-9-2-4-10(13)5-3-9/h2-5,8H,6-7H2,1H3. The number of aromatic nitrogens is 3. The maximum atomic E-state index is 12.7. The Morgan fingerprint density at radius 2 is 2.00 bits per heavy atom. The minimum atomic E-state index is -0.297. The largest absolute Gasteiger partial charge is 0.299 e. The lowest BCUT2D eigenvalue weighted by molar-refractivity contribution is -0.117. The Labute approximate surface area is 98.1 Å². The van der Waals surface area contributed by atoms with Gasteiger partial charge < -0.3 is 0 Å². The van der Waals surface area contributed by atoms with Crippen LogP contribution < -0.4 is 0 Å². The second kappa shape index (κ2) is 4.86. The van der Waals surface area contributed by atoms with Crippen molar-refractivity contribution in [2.24, 2.45) is 7.05 Å². The summed E-state index contributed by atoms with van der Waals surface area (Å²) < 4.78 is 14.2. The third-order valence-electron chi connectivity index (χ3n) is 2.47. The van der Waals surface area contributed by atoms with Crippen LogP contribution in [0.4, 0.5) is 4.39 Å². The highest BCUT2D eigenvalue weighted by Gasteiger charge is 2.09. The first-order valence-corrected chi connectivity index (χ1v) is 5.24.